The second kappa shape index (κ2) is 8.29. The summed E-state index contributed by atoms with van der Waals surface area (Å²) in [6.45, 7) is 3.52. The van der Waals surface area contributed by atoms with E-state index in [1.165, 1.54) is 6.07 Å². The lowest BCUT2D eigenvalue weighted by atomic mass is 10.1. The van der Waals surface area contributed by atoms with Crippen LogP contribution in [0.4, 0.5) is 0 Å². The van der Waals surface area contributed by atoms with Crippen molar-refractivity contribution in [2.45, 2.75) is 10.9 Å². The van der Waals surface area contributed by atoms with Crippen LogP contribution in [0.1, 0.15) is 11.6 Å². The predicted molar refractivity (Wildman–Crippen MR) is 98.2 cm³/mol. The van der Waals surface area contributed by atoms with Gasteiger partial charge in [0.15, 0.2) is 0 Å². The van der Waals surface area contributed by atoms with Gasteiger partial charge in [-0.05, 0) is 23.8 Å². The minimum atomic E-state index is -3.67. The zero-order valence-electron chi connectivity index (χ0n) is 13.8. The number of hydrogen-bond acceptors (Lipinski definition) is 4. The quantitative estimate of drug-likeness (QED) is 0.837. The molecule has 7 heteroatoms. The molecule has 1 atom stereocenters. The van der Waals surface area contributed by atoms with Gasteiger partial charge in [-0.3, -0.25) is 4.90 Å². The van der Waals surface area contributed by atoms with Gasteiger partial charge in [0.25, 0.3) is 0 Å². The molecule has 1 N–H and O–H groups in total. The fourth-order valence-corrected chi connectivity index (χ4v) is 4.34. The predicted octanol–water partition coefficient (Wildman–Crippen LogP) is 2.69. The monoisotopic (exact) mass is 380 g/mol. The Morgan fingerprint density at radius 2 is 1.80 bits per heavy atom. The van der Waals surface area contributed by atoms with Crippen molar-refractivity contribution in [3.8, 4) is 0 Å². The number of morpholine rings is 1. The van der Waals surface area contributed by atoms with E-state index in [4.69, 9.17) is 16.3 Å². The van der Waals surface area contributed by atoms with Crippen molar-refractivity contribution in [3.05, 3.63) is 65.2 Å². The van der Waals surface area contributed by atoms with E-state index in [-0.39, 0.29) is 10.9 Å². The maximum Gasteiger partial charge on any atom is 0.241 e. The van der Waals surface area contributed by atoms with Gasteiger partial charge in [0.05, 0.1) is 24.2 Å². The van der Waals surface area contributed by atoms with E-state index >= 15 is 0 Å². The lowest BCUT2D eigenvalue weighted by Crippen LogP contribution is -2.43. The standard InChI is InChI=1S/C18H21ClN2O3S/c19-16-7-4-8-17(13-16)25(22,23)20-18(15-5-2-1-3-6-15)14-21-9-11-24-12-10-21/h1-8,13,18,20H,9-12,14H2/t18-/m0/s1. The van der Waals surface area contributed by atoms with E-state index < -0.39 is 10.0 Å². The van der Waals surface area contributed by atoms with E-state index in [2.05, 4.69) is 9.62 Å². The maximum absolute atomic E-state index is 12.8. The van der Waals surface area contributed by atoms with Crippen LogP contribution >= 0.6 is 11.6 Å². The van der Waals surface area contributed by atoms with Gasteiger partial charge in [0.1, 0.15) is 0 Å². The topological polar surface area (TPSA) is 58.6 Å². The number of nitrogens with one attached hydrogen (secondary N) is 1. The number of nitrogens with zero attached hydrogens (tertiary/aromatic N) is 1. The molecule has 25 heavy (non-hydrogen) atoms. The van der Waals surface area contributed by atoms with E-state index in [9.17, 15) is 8.42 Å². The molecule has 0 radical (unpaired) electrons. The number of hydrogen-bond donors (Lipinski definition) is 1. The summed E-state index contributed by atoms with van der Waals surface area (Å²) in [5, 5.41) is 0.396. The molecule has 1 aliphatic heterocycles. The van der Waals surface area contributed by atoms with Crippen LogP contribution in [-0.4, -0.2) is 46.2 Å². The van der Waals surface area contributed by atoms with Crippen LogP contribution in [0, 0.1) is 0 Å². The molecular weight excluding hydrogens is 360 g/mol. The fourth-order valence-electron chi connectivity index (χ4n) is 2.83. The van der Waals surface area contributed by atoms with Crippen LogP contribution < -0.4 is 4.72 Å². The molecule has 0 bridgehead atoms. The Balaban J connectivity index is 1.83. The molecule has 0 aromatic heterocycles. The molecule has 0 aliphatic carbocycles. The molecule has 0 unspecified atom stereocenters. The Bertz CT molecular complexity index is 793. The van der Waals surface area contributed by atoms with Crippen LogP contribution in [-0.2, 0) is 14.8 Å². The van der Waals surface area contributed by atoms with Crippen LogP contribution in [0.25, 0.3) is 0 Å². The van der Waals surface area contributed by atoms with E-state index in [0.29, 0.717) is 24.8 Å². The highest BCUT2D eigenvalue weighted by Crippen LogP contribution is 2.21. The average molecular weight is 381 g/mol. The highest BCUT2D eigenvalue weighted by molar-refractivity contribution is 7.89. The van der Waals surface area contributed by atoms with Gasteiger partial charge < -0.3 is 4.74 Å². The Morgan fingerprint density at radius 3 is 2.48 bits per heavy atom. The van der Waals surface area contributed by atoms with Crippen molar-refractivity contribution < 1.29 is 13.2 Å². The largest absolute Gasteiger partial charge is 0.379 e. The first kappa shape index (κ1) is 18.4. The van der Waals surface area contributed by atoms with Gasteiger partial charge in [-0.15, -0.1) is 0 Å². The molecule has 0 amide bonds. The normalized spacial score (nSPS) is 17.3. The fraction of sp³-hybridized carbons (Fsp3) is 0.333. The van der Waals surface area contributed by atoms with Gasteiger partial charge in [-0.1, -0.05) is 48.0 Å². The third kappa shape index (κ3) is 5.03. The first-order chi connectivity index (χ1) is 12.0. The second-order valence-electron chi connectivity index (χ2n) is 5.95. The van der Waals surface area contributed by atoms with Crippen LogP contribution in [0.15, 0.2) is 59.5 Å². The minimum absolute atomic E-state index is 0.169. The third-order valence-electron chi connectivity index (χ3n) is 4.15. The number of halogens is 1. The highest BCUT2D eigenvalue weighted by Gasteiger charge is 2.24. The zero-order valence-corrected chi connectivity index (χ0v) is 15.3. The molecule has 2 aromatic rings. The molecule has 1 heterocycles. The molecule has 0 spiro atoms. The van der Waals surface area contributed by atoms with Crippen molar-refractivity contribution in [2.75, 3.05) is 32.8 Å². The summed E-state index contributed by atoms with van der Waals surface area (Å²) >= 11 is 5.95. The van der Waals surface area contributed by atoms with Crippen LogP contribution in [0.5, 0.6) is 0 Å². The first-order valence-electron chi connectivity index (χ1n) is 8.17. The molecule has 0 saturated carbocycles. The molecule has 5 nitrogen and oxygen atoms in total. The van der Waals surface area contributed by atoms with Crippen molar-refractivity contribution in [1.82, 2.24) is 9.62 Å². The number of benzene rings is 2. The summed E-state index contributed by atoms with van der Waals surface area (Å²) in [4.78, 5) is 2.38. The lowest BCUT2D eigenvalue weighted by molar-refractivity contribution is 0.0345. The van der Waals surface area contributed by atoms with Crippen molar-refractivity contribution >= 4 is 21.6 Å². The Hall–Kier alpha value is -1.44. The minimum Gasteiger partial charge on any atom is -0.379 e. The summed E-state index contributed by atoms with van der Waals surface area (Å²) in [6, 6.07) is 15.6. The van der Waals surface area contributed by atoms with Crippen molar-refractivity contribution in [1.29, 1.82) is 0 Å². The SMILES string of the molecule is O=S(=O)(N[C@@H](CN1CCOCC1)c1ccccc1)c1cccc(Cl)c1. The van der Waals surface area contributed by atoms with Crippen LogP contribution in [0.3, 0.4) is 0 Å². The van der Waals surface area contributed by atoms with E-state index in [1.807, 2.05) is 30.3 Å². The Labute approximate surface area is 153 Å². The van der Waals surface area contributed by atoms with Crippen molar-refractivity contribution in [2.24, 2.45) is 0 Å². The molecule has 3 rings (SSSR count). The zero-order chi connectivity index (χ0) is 17.7. The summed E-state index contributed by atoms with van der Waals surface area (Å²) in [6.07, 6.45) is 0. The average Bonchev–Trinajstić information content (AvgIpc) is 2.63. The molecule has 1 aliphatic rings. The van der Waals surface area contributed by atoms with Gasteiger partial charge in [-0.25, -0.2) is 13.1 Å². The molecule has 1 saturated heterocycles. The first-order valence-corrected chi connectivity index (χ1v) is 10.0. The summed E-state index contributed by atoms with van der Waals surface area (Å²) in [5.74, 6) is 0. The molecular formula is C18H21ClN2O3S. The van der Waals surface area contributed by atoms with Crippen LogP contribution in [0.2, 0.25) is 5.02 Å². The van der Waals surface area contributed by atoms with Gasteiger partial charge in [0.2, 0.25) is 10.0 Å². The Morgan fingerprint density at radius 1 is 1.08 bits per heavy atom. The van der Waals surface area contributed by atoms with Gasteiger partial charge in [0, 0.05) is 24.7 Å². The summed E-state index contributed by atoms with van der Waals surface area (Å²) < 4.78 is 33.8. The molecule has 1 fully saturated rings. The van der Waals surface area contributed by atoms with Gasteiger partial charge >= 0.3 is 0 Å². The number of ether oxygens (including phenoxy) is 1. The Kier molecular flexibility index (Phi) is 6.09. The van der Waals surface area contributed by atoms with Gasteiger partial charge in [-0.2, -0.15) is 0 Å². The number of rotatable bonds is 6. The second-order valence-corrected chi connectivity index (χ2v) is 8.11. The summed E-state index contributed by atoms with van der Waals surface area (Å²) in [7, 11) is -3.67. The highest BCUT2D eigenvalue weighted by atomic mass is 35.5. The van der Waals surface area contributed by atoms with Crippen molar-refractivity contribution in [3.63, 3.8) is 0 Å². The smallest absolute Gasteiger partial charge is 0.241 e. The third-order valence-corrected chi connectivity index (χ3v) is 5.85. The molecule has 2 aromatic carbocycles. The summed E-state index contributed by atoms with van der Waals surface area (Å²) in [5.41, 5.74) is 0.930. The lowest BCUT2D eigenvalue weighted by Gasteiger charge is -2.31. The van der Waals surface area contributed by atoms with E-state index in [0.717, 1.165) is 18.7 Å². The number of sulfonamides is 1. The molecule has 134 valence electrons. The maximum atomic E-state index is 12.8. The van der Waals surface area contributed by atoms with E-state index in [1.54, 1.807) is 18.2 Å².